The van der Waals surface area contributed by atoms with Gasteiger partial charge in [0.05, 0.1) is 39.7 Å². The number of aliphatic hydroxyl groups is 1. The topological polar surface area (TPSA) is 202 Å². The number of aliphatic hydroxyl groups excluding tert-OH is 1. The van der Waals surface area contributed by atoms with E-state index in [1.54, 1.807) is 29.7 Å². The summed E-state index contributed by atoms with van der Waals surface area (Å²) in [6.45, 7) is 16.6. The van der Waals surface area contributed by atoms with Gasteiger partial charge in [0.15, 0.2) is 17.4 Å². The maximum Gasteiger partial charge on any atom is 0.319 e. The lowest BCUT2D eigenvalue weighted by Crippen LogP contribution is -2.58. The Bertz CT molecular complexity index is 3410. The Morgan fingerprint density at radius 3 is 2.49 bits per heavy atom. The minimum absolute atomic E-state index is 0.0210. The molecule has 4 unspecified atom stereocenters. The number of anilines is 2. The van der Waals surface area contributed by atoms with Crippen molar-refractivity contribution in [3.05, 3.63) is 101 Å². The van der Waals surface area contributed by atoms with Gasteiger partial charge in [0, 0.05) is 101 Å². The molecule has 20 heteroatoms. The molecule has 2 bridgehead atoms. The number of piperazine rings is 2. The number of benzene rings is 3. The van der Waals surface area contributed by atoms with Crippen LogP contribution in [-0.4, -0.2) is 165 Å². The smallest absolute Gasteiger partial charge is 0.319 e. The van der Waals surface area contributed by atoms with Gasteiger partial charge in [0.25, 0.3) is 0 Å². The molecule has 5 fully saturated rings. The third-order valence-corrected chi connectivity index (χ3v) is 18.3. The number of nitrogens with one attached hydrogen (secondary N) is 2. The molecule has 420 valence electrons. The Morgan fingerprint density at radius 2 is 1.75 bits per heavy atom. The lowest BCUT2D eigenvalue weighted by Gasteiger charge is -2.45. The van der Waals surface area contributed by atoms with Crippen molar-refractivity contribution < 1.29 is 33.5 Å². The lowest BCUT2D eigenvalue weighted by atomic mass is 9.91. The Kier molecular flexibility index (Phi) is 15.0. The van der Waals surface area contributed by atoms with Gasteiger partial charge in [-0.25, -0.2) is 9.37 Å². The average Bonchev–Trinajstić information content (AvgIpc) is 4.29. The molecule has 2 amide bonds. The largest absolute Gasteiger partial charge is 0.508 e. The fraction of sp³-hybridized carbons (Fsp3) is 0.483. The van der Waals surface area contributed by atoms with E-state index in [2.05, 4.69) is 54.3 Å². The molecule has 9 heterocycles. The van der Waals surface area contributed by atoms with E-state index in [-0.39, 0.29) is 65.8 Å². The summed E-state index contributed by atoms with van der Waals surface area (Å²) < 4.78 is 29.8. The number of phenols is 1. The molecule has 7 atom stereocenters. The van der Waals surface area contributed by atoms with E-state index < -0.39 is 23.9 Å². The third kappa shape index (κ3) is 10.6. The second kappa shape index (κ2) is 22.2. The first-order valence-electron chi connectivity index (χ1n) is 28.3. The molecule has 4 aromatic heterocycles. The molecule has 4 N–H and O–H groups in total. The number of aromatic hydroxyl groups is 1. The highest BCUT2D eigenvalue weighted by Crippen LogP contribution is 2.40. The molecular formula is C60H71FN12O6S. The van der Waals surface area contributed by atoms with Crippen LogP contribution in [0.5, 0.6) is 11.8 Å². The Morgan fingerprint density at radius 1 is 0.963 bits per heavy atom. The minimum atomic E-state index is -0.832. The number of rotatable bonds is 16. The van der Waals surface area contributed by atoms with Crippen LogP contribution in [0.15, 0.2) is 76.9 Å². The number of hydrogen-bond acceptors (Lipinski definition) is 17. The fourth-order valence-electron chi connectivity index (χ4n) is 12.9. The Labute approximate surface area is 469 Å². The summed E-state index contributed by atoms with van der Waals surface area (Å²) in [6, 6.07) is 18.7. The number of aryl methyl sites for hydroxylation is 2. The van der Waals surface area contributed by atoms with Gasteiger partial charge >= 0.3 is 6.01 Å². The van der Waals surface area contributed by atoms with E-state index in [0.717, 1.165) is 110 Å². The number of thiazole rings is 1. The summed E-state index contributed by atoms with van der Waals surface area (Å²) in [4.78, 5) is 59.0. The van der Waals surface area contributed by atoms with Gasteiger partial charge in [-0.1, -0.05) is 68.4 Å². The predicted molar refractivity (Wildman–Crippen MR) is 307 cm³/mol. The zero-order valence-corrected chi connectivity index (χ0v) is 47.1. The molecule has 7 aromatic rings. The number of likely N-dealkylation sites (N-methyl/N-ethyl adjacent to an activating group) is 1. The van der Waals surface area contributed by atoms with E-state index in [1.165, 1.54) is 4.90 Å². The van der Waals surface area contributed by atoms with Crippen LogP contribution in [0, 0.1) is 24.6 Å². The first kappa shape index (κ1) is 53.8. The van der Waals surface area contributed by atoms with Crippen molar-refractivity contribution in [2.24, 2.45) is 11.8 Å². The second-order valence-corrected chi connectivity index (χ2v) is 24.1. The van der Waals surface area contributed by atoms with Crippen LogP contribution in [0.25, 0.3) is 43.4 Å². The van der Waals surface area contributed by atoms with Crippen LogP contribution >= 0.6 is 11.3 Å². The van der Waals surface area contributed by atoms with E-state index in [9.17, 15) is 19.8 Å². The molecular weight excluding hydrogens is 1040 g/mol. The second-order valence-electron chi connectivity index (χ2n) is 23.2. The monoisotopic (exact) mass is 1110 g/mol. The number of ether oxygens (including phenoxy) is 1. The number of carbonyl (C=O) groups is 2. The molecule has 5 aliphatic rings. The molecule has 5 saturated heterocycles. The number of carbonyl (C=O) groups excluding carboxylic acids is 2. The van der Waals surface area contributed by atoms with Crippen LogP contribution in [0.3, 0.4) is 0 Å². The highest BCUT2D eigenvalue weighted by atomic mass is 32.1. The molecule has 80 heavy (non-hydrogen) atoms. The Balaban J connectivity index is 0.689. The van der Waals surface area contributed by atoms with E-state index in [0.29, 0.717) is 53.0 Å². The van der Waals surface area contributed by atoms with Crippen molar-refractivity contribution in [1.82, 2.24) is 50.4 Å². The number of amides is 2. The van der Waals surface area contributed by atoms with Gasteiger partial charge in [-0.15, -0.1) is 11.3 Å². The number of phenolic OH excluding ortho intramolecular Hbond substituents is 1. The van der Waals surface area contributed by atoms with Gasteiger partial charge in [0.1, 0.15) is 41.3 Å². The summed E-state index contributed by atoms with van der Waals surface area (Å²) in [7, 11) is 2.10. The summed E-state index contributed by atoms with van der Waals surface area (Å²) in [5.74, 6) is 0.103. The van der Waals surface area contributed by atoms with Crippen LogP contribution in [-0.2, 0) is 16.0 Å². The summed E-state index contributed by atoms with van der Waals surface area (Å²) in [6.07, 6.45) is 3.87. The molecule has 5 aliphatic heterocycles. The number of β-amino-alcohol motifs (C(OH)–C–C–N with tert-alkyl or cyclic N) is 1. The highest BCUT2D eigenvalue weighted by Gasteiger charge is 2.44. The van der Waals surface area contributed by atoms with Gasteiger partial charge in [-0.2, -0.15) is 9.97 Å². The Hall–Kier alpha value is -6.84. The normalized spacial score (nSPS) is 22.6. The molecule has 0 saturated carbocycles. The van der Waals surface area contributed by atoms with Crippen molar-refractivity contribution in [1.29, 1.82) is 0 Å². The van der Waals surface area contributed by atoms with E-state index in [4.69, 9.17) is 24.2 Å². The molecule has 3 aromatic carbocycles. The number of nitrogens with zero attached hydrogens (tertiary/aromatic N) is 10. The van der Waals surface area contributed by atoms with Crippen molar-refractivity contribution >= 4 is 56.5 Å². The van der Waals surface area contributed by atoms with Gasteiger partial charge in [0.2, 0.25) is 11.8 Å². The zero-order chi connectivity index (χ0) is 55.5. The van der Waals surface area contributed by atoms with Crippen LogP contribution in [0.2, 0.25) is 0 Å². The summed E-state index contributed by atoms with van der Waals surface area (Å²) in [5, 5.41) is 35.1. The average molecular weight is 1110 g/mol. The molecule has 0 spiro atoms. The molecule has 0 radical (unpaired) electrons. The van der Waals surface area contributed by atoms with Crippen LogP contribution < -0.4 is 25.2 Å². The van der Waals surface area contributed by atoms with Gasteiger partial charge in [-0.3, -0.25) is 24.4 Å². The summed E-state index contributed by atoms with van der Waals surface area (Å²) >= 11 is 1.59. The molecule has 0 aliphatic carbocycles. The van der Waals surface area contributed by atoms with Crippen LogP contribution in [0.4, 0.5) is 16.0 Å². The van der Waals surface area contributed by atoms with Crippen LogP contribution in [0.1, 0.15) is 81.5 Å². The van der Waals surface area contributed by atoms with E-state index in [1.807, 2.05) is 81.7 Å². The SMILES string of the molecule is CCc1cccc2cc(O)cc(-c3ncc4c(N5CC6CCC(C5)N6)nc(OC[C@H]5CN(CC6CN(c7cc(C(C(=O)N8C[C@H](O)C[C@H]8C(=O)NC(C)c8ccc(-c9scnc9C)cc8)C(C)C)on7)C6)CCN5C)nc4c3F)c12. The number of halogens is 1. The third-order valence-electron chi connectivity index (χ3n) is 17.3. The first-order valence-corrected chi connectivity index (χ1v) is 29.2. The van der Waals surface area contributed by atoms with Gasteiger partial charge < -0.3 is 44.8 Å². The highest BCUT2D eigenvalue weighted by molar-refractivity contribution is 7.13. The van der Waals surface area contributed by atoms with Crippen molar-refractivity contribution in [3.8, 4) is 33.5 Å². The minimum Gasteiger partial charge on any atom is -0.508 e. The van der Waals surface area contributed by atoms with Crippen molar-refractivity contribution in [2.45, 2.75) is 103 Å². The lowest BCUT2D eigenvalue weighted by molar-refractivity contribution is -0.141. The van der Waals surface area contributed by atoms with Gasteiger partial charge in [-0.05, 0) is 85.7 Å². The number of fused-ring (bicyclic) bond motifs is 4. The standard InChI is InChI=1S/C60H71FN12O6S/c1-7-37-9-8-10-40-19-44(74)20-46(52(37)40)54-53(61)55-47(23-62-54)57(72-27-41-15-16-42(28-72)65-41)67-60(66-55)78-31-43-29-70(18-17-69(43)6)24-36-25-71(26-36)50-22-49(79-68-50)51(33(2)3)59(77)73-30-45(75)21-48(73)58(76)64-34(4)38-11-13-39(14-12-38)56-35(5)63-32-80-56/h8-14,19-20,22-23,32-34,36,41-43,45,48,51,65,74-75H,7,15-18,21,24-31H2,1-6H3,(H,64,76)/t34?,41?,42?,43-,45-,48+,51?/m1/s1. The van der Waals surface area contributed by atoms with Crippen molar-refractivity contribution in [2.75, 3.05) is 82.4 Å². The maximum absolute atomic E-state index is 17.3. The zero-order valence-electron chi connectivity index (χ0n) is 46.3. The van der Waals surface area contributed by atoms with Crippen molar-refractivity contribution in [3.63, 3.8) is 0 Å². The number of pyridine rings is 1. The fourth-order valence-corrected chi connectivity index (χ4v) is 13.7. The molecule has 12 rings (SSSR count). The quantitative estimate of drug-likeness (QED) is 0.0749. The van der Waals surface area contributed by atoms with E-state index >= 15 is 4.39 Å². The summed E-state index contributed by atoms with van der Waals surface area (Å²) in [5.41, 5.74) is 6.61. The number of aromatic nitrogens is 5. The number of hydrogen-bond donors (Lipinski definition) is 4. The first-order chi connectivity index (χ1) is 38.7. The predicted octanol–water partition coefficient (Wildman–Crippen LogP) is 7.32. The maximum atomic E-state index is 17.3. The number of likely N-dealkylation sites (tertiary alicyclic amines) is 1. The molecule has 18 nitrogen and oxygen atoms in total.